The van der Waals surface area contributed by atoms with Crippen molar-refractivity contribution in [3.8, 4) is 5.75 Å². The lowest BCUT2D eigenvalue weighted by Gasteiger charge is -2.21. The predicted octanol–water partition coefficient (Wildman–Crippen LogP) is 3.67. The second-order valence-electron chi connectivity index (χ2n) is 6.55. The van der Waals surface area contributed by atoms with Crippen molar-refractivity contribution in [2.24, 2.45) is 0 Å². The van der Waals surface area contributed by atoms with Crippen molar-refractivity contribution >= 4 is 28.5 Å². The number of aryl methyl sites for hydroxylation is 1. The maximum absolute atomic E-state index is 12.5. The summed E-state index contributed by atoms with van der Waals surface area (Å²) in [6.07, 6.45) is 0. The number of ether oxygens (including phenoxy) is 1. The number of fused-ring (bicyclic) bond motifs is 1. The van der Waals surface area contributed by atoms with Crippen LogP contribution in [0.5, 0.6) is 5.75 Å². The van der Waals surface area contributed by atoms with Crippen molar-refractivity contribution in [3.63, 3.8) is 0 Å². The van der Waals surface area contributed by atoms with Crippen LogP contribution in [0.3, 0.4) is 0 Å². The molecule has 0 saturated heterocycles. The van der Waals surface area contributed by atoms with Gasteiger partial charge in [-0.05, 0) is 63.2 Å². The second-order valence-corrected chi connectivity index (χ2v) is 6.55. The van der Waals surface area contributed by atoms with Crippen LogP contribution in [0.4, 0.5) is 5.69 Å². The first-order chi connectivity index (χ1) is 14.0. The van der Waals surface area contributed by atoms with E-state index in [1.54, 1.807) is 44.4 Å². The Hall–Kier alpha value is -3.48. The number of benzene rings is 2. The highest BCUT2D eigenvalue weighted by atomic mass is 16.5. The van der Waals surface area contributed by atoms with Crippen LogP contribution in [0.25, 0.3) is 11.0 Å². The molecule has 29 heavy (non-hydrogen) atoms. The molecule has 152 valence electrons. The molecular weight excluding hydrogens is 370 g/mol. The standard InChI is InChI=1S/C22H25N3O4/c1-5-25(6-2)16-9-7-15(8-10-16)21(26)23-24-22(27)20-14(3)18-13-17(28-4)11-12-19(18)29-20/h7-13H,5-6H2,1-4H3,(H,23,26)(H,24,27). The van der Waals surface area contributed by atoms with Gasteiger partial charge in [-0.15, -0.1) is 0 Å². The summed E-state index contributed by atoms with van der Waals surface area (Å²) in [5.74, 6) is -0.106. The fraction of sp³-hybridized carbons (Fsp3) is 0.273. The number of hydrogen-bond donors (Lipinski definition) is 2. The van der Waals surface area contributed by atoms with E-state index in [0.717, 1.165) is 24.2 Å². The van der Waals surface area contributed by atoms with Crippen molar-refractivity contribution in [2.75, 3.05) is 25.1 Å². The van der Waals surface area contributed by atoms with Gasteiger partial charge in [-0.1, -0.05) is 0 Å². The molecule has 0 atom stereocenters. The van der Waals surface area contributed by atoms with Gasteiger partial charge in [0, 0.05) is 35.3 Å². The van der Waals surface area contributed by atoms with Crippen LogP contribution < -0.4 is 20.5 Å². The van der Waals surface area contributed by atoms with Gasteiger partial charge in [-0.25, -0.2) is 0 Å². The van der Waals surface area contributed by atoms with E-state index < -0.39 is 11.8 Å². The smallest absolute Gasteiger partial charge is 0.305 e. The number of hydrazine groups is 1. The van der Waals surface area contributed by atoms with Gasteiger partial charge in [0.25, 0.3) is 5.91 Å². The average molecular weight is 395 g/mol. The summed E-state index contributed by atoms with van der Waals surface area (Å²) in [6, 6.07) is 12.5. The number of carbonyl (C=O) groups is 2. The van der Waals surface area contributed by atoms with E-state index in [4.69, 9.17) is 9.15 Å². The van der Waals surface area contributed by atoms with E-state index in [0.29, 0.717) is 22.5 Å². The van der Waals surface area contributed by atoms with Crippen LogP contribution in [-0.2, 0) is 0 Å². The molecule has 1 heterocycles. The lowest BCUT2D eigenvalue weighted by atomic mass is 10.1. The monoisotopic (exact) mass is 395 g/mol. The number of nitrogens with one attached hydrogen (secondary N) is 2. The summed E-state index contributed by atoms with van der Waals surface area (Å²) >= 11 is 0. The van der Waals surface area contributed by atoms with Gasteiger partial charge in [0.2, 0.25) is 0 Å². The highest BCUT2D eigenvalue weighted by Crippen LogP contribution is 2.28. The summed E-state index contributed by atoms with van der Waals surface area (Å²) < 4.78 is 10.9. The SMILES string of the molecule is CCN(CC)c1ccc(C(=O)NNC(=O)c2oc3ccc(OC)cc3c2C)cc1. The maximum Gasteiger partial charge on any atom is 0.305 e. The zero-order chi connectivity index (χ0) is 21.0. The maximum atomic E-state index is 12.5. The zero-order valence-corrected chi connectivity index (χ0v) is 17.0. The quantitative estimate of drug-likeness (QED) is 0.622. The number of hydrogen-bond acceptors (Lipinski definition) is 5. The topological polar surface area (TPSA) is 83.8 Å². The van der Waals surface area contributed by atoms with Gasteiger partial charge in [-0.2, -0.15) is 0 Å². The van der Waals surface area contributed by atoms with Gasteiger partial charge < -0.3 is 14.1 Å². The first-order valence-electron chi connectivity index (χ1n) is 9.51. The number of methoxy groups -OCH3 is 1. The van der Waals surface area contributed by atoms with Crippen molar-refractivity contribution < 1.29 is 18.7 Å². The van der Waals surface area contributed by atoms with E-state index >= 15 is 0 Å². The number of nitrogens with zero attached hydrogens (tertiary/aromatic N) is 1. The van der Waals surface area contributed by atoms with Gasteiger partial charge in [-0.3, -0.25) is 20.4 Å². The lowest BCUT2D eigenvalue weighted by Crippen LogP contribution is -2.41. The molecule has 2 N–H and O–H groups in total. The molecular formula is C22H25N3O4. The Kier molecular flexibility index (Phi) is 6.07. The average Bonchev–Trinajstić information content (AvgIpc) is 3.09. The van der Waals surface area contributed by atoms with Crippen LogP contribution >= 0.6 is 0 Å². The van der Waals surface area contributed by atoms with Gasteiger partial charge in [0.1, 0.15) is 11.3 Å². The van der Waals surface area contributed by atoms with E-state index in [9.17, 15) is 9.59 Å². The fourth-order valence-corrected chi connectivity index (χ4v) is 3.20. The number of anilines is 1. The Morgan fingerprint density at radius 1 is 1.00 bits per heavy atom. The van der Waals surface area contributed by atoms with Crippen molar-refractivity contribution in [1.82, 2.24) is 10.9 Å². The van der Waals surface area contributed by atoms with Gasteiger partial charge >= 0.3 is 5.91 Å². The Bertz CT molecular complexity index is 1020. The molecule has 7 nitrogen and oxygen atoms in total. The molecule has 0 aliphatic carbocycles. The van der Waals surface area contributed by atoms with Gasteiger partial charge in [0.15, 0.2) is 5.76 Å². The Balaban J connectivity index is 1.68. The number of carbonyl (C=O) groups excluding carboxylic acids is 2. The molecule has 0 saturated carbocycles. The first kappa shape index (κ1) is 20.3. The third kappa shape index (κ3) is 4.18. The molecule has 0 bridgehead atoms. The van der Waals surface area contributed by atoms with Crippen LogP contribution in [0.1, 0.15) is 40.3 Å². The van der Waals surface area contributed by atoms with Crippen molar-refractivity contribution in [3.05, 3.63) is 59.4 Å². The van der Waals surface area contributed by atoms with E-state index in [-0.39, 0.29) is 5.76 Å². The first-order valence-corrected chi connectivity index (χ1v) is 9.51. The molecule has 3 rings (SSSR count). The number of rotatable bonds is 6. The van der Waals surface area contributed by atoms with Gasteiger partial charge in [0.05, 0.1) is 7.11 Å². The molecule has 7 heteroatoms. The van der Waals surface area contributed by atoms with Crippen LogP contribution in [0, 0.1) is 6.92 Å². The number of amides is 2. The highest BCUT2D eigenvalue weighted by molar-refractivity contribution is 6.01. The molecule has 0 fully saturated rings. The van der Waals surface area contributed by atoms with E-state index in [1.165, 1.54) is 0 Å². The molecule has 0 unspecified atom stereocenters. The predicted molar refractivity (Wildman–Crippen MR) is 112 cm³/mol. The Morgan fingerprint density at radius 3 is 2.28 bits per heavy atom. The number of furan rings is 1. The zero-order valence-electron chi connectivity index (χ0n) is 17.0. The molecule has 0 aliphatic rings. The molecule has 0 aliphatic heterocycles. The van der Waals surface area contributed by atoms with E-state index in [1.807, 2.05) is 12.1 Å². The molecule has 2 amide bonds. The third-order valence-electron chi connectivity index (χ3n) is 4.90. The summed E-state index contributed by atoms with van der Waals surface area (Å²) in [4.78, 5) is 27.0. The molecule has 2 aromatic carbocycles. The summed E-state index contributed by atoms with van der Waals surface area (Å²) in [5, 5.41) is 0.785. The molecule has 1 aromatic heterocycles. The minimum absolute atomic E-state index is 0.144. The minimum atomic E-state index is -0.522. The molecule has 0 radical (unpaired) electrons. The van der Waals surface area contributed by atoms with Crippen molar-refractivity contribution in [2.45, 2.75) is 20.8 Å². The van der Waals surface area contributed by atoms with E-state index in [2.05, 4.69) is 29.6 Å². The Morgan fingerprint density at radius 2 is 1.66 bits per heavy atom. The third-order valence-corrected chi connectivity index (χ3v) is 4.90. The summed E-state index contributed by atoms with van der Waals surface area (Å²) in [5.41, 5.74) is 7.59. The van der Waals surface area contributed by atoms with Crippen molar-refractivity contribution in [1.29, 1.82) is 0 Å². The lowest BCUT2D eigenvalue weighted by molar-refractivity contribution is 0.0831. The summed E-state index contributed by atoms with van der Waals surface area (Å²) in [7, 11) is 1.58. The molecule has 3 aromatic rings. The summed E-state index contributed by atoms with van der Waals surface area (Å²) in [6.45, 7) is 7.72. The van der Waals surface area contributed by atoms with Crippen LogP contribution in [-0.4, -0.2) is 32.0 Å². The van der Waals surface area contributed by atoms with Crippen LogP contribution in [0.15, 0.2) is 46.9 Å². The van der Waals surface area contributed by atoms with Crippen LogP contribution in [0.2, 0.25) is 0 Å². The Labute approximate surface area is 169 Å². The molecule has 0 spiro atoms. The second kappa shape index (κ2) is 8.68. The minimum Gasteiger partial charge on any atom is -0.497 e. The normalized spacial score (nSPS) is 10.6. The highest BCUT2D eigenvalue weighted by Gasteiger charge is 2.19. The fourth-order valence-electron chi connectivity index (χ4n) is 3.20. The largest absolute Gasteiger partial charge is 0.497 e.